The molecule has 0 aliphatic heterocycles. The fourth-order valence-electron chi connectivity index (χ4n) is 2.51. The lowest BCUT2D eigenvalue weighted by Gasteiger charge is -2.33. The highest BCUT2D eigenvalue weighted by atomic mass is 35.5. The first-order chi connectivity index (χ1) is 8.99. The number of carbonyl (C=O) groups is 1. The Bertz CT molecular complexity index is 494. The Hall–Kier alpha value is -0.930. The van der Waals surface area contributed by atoms with Crippen LogP contribution in [0.4, 0.5) is 0 Å². The third kappa shape index (κ3) is 2.82. The number of ether oxygens (including phenoxy) is 1. The third-order valence-corrected chi connectivity index (χ3v) is 4.33. The maximum Gasteiger partial charge on any atom is 0.354 e. The second-order valence-corrected chi connectivity index (χ2v) is 6.22. The number of allylic oxidation sites excluding steroid dienone is 1. The number of hydrogen-bond acceptors (Lipinski definition) is 2. The number of aromatic amines is 1. The molecular weight excluding hydrogens is 285 g/mol. The van der Waals surface area contributed by atoms with Gasteiger partial charge in [0.15, 0.2) is 0 Å². The Morgan fingerprint density at radius 1 is 1.68 bits per heavy atom. The van der Waals surface area contributed by atoms with Gasteiger partial charge in [-0.1, -0.05) is 6.08 Å². The summed E-state index contributed by atoms with van der Waals surface area (Å²) in [5.74, 6) is -0.388. The van der Waals surface area contributed by atoms with Crippen molar-refractivity contribution in [2.75, 3.05) is 6.61 Å². The van der Waals surface area contributed by atoms with Crippen LogP contribution in [0.25, 0.3) is 0 Å². The van der Waals surface area contributed by atoms with Gasteiger partial charge < -0.3 is 9.72 Å². The monoisotopic (exact) mass is 301 g/mol. The van der Waals surface area contributed by atoms with E-state index in [1.165, 1.54) is 0 Å². The number of alkyl halides is 2. The van der Waals surface area contributed by atoms with E-state index in [1.54, 1.807) is 19.1 Å². The first kappa shape index (κ1) is 14.5. The van der Waals surface area contributed by atoms with Crippen molar-refractivity contribution in [1.82, 2.24) is 4.98 Å². The van der Waals surface area contributed by atoms with E-state index < -0.39 is 4.33 Å². The maximum atomic E-state index is 11.7. The Morgan fingerprint density at radius 2 is 2.42 bits per heavy atom. The van der Waals surface area contributed by atoms with Crippen LogP contribution in [0.2, 0.25) is 0 Å². The molecule has 2 rings (SSSR count). The number of nitrogens with one attached hydrogen (secondary N) is 1. The van der Waals surface area contributed by atoms with Crippen LogP contribution >= 0.6 is 23.2 Å². The van der Waals surface area contributed by atoms with Crippen LogP contribution in [0, 0.1) is 0 Å². The molecule has 0 saturated heterocycles. The number of carbonyl (C=O) groups excluding carboxylic acids is 1. The minimum absolute atomic E-state index is 0.0449. The standard InChI is InChI=1S/C14H17Cl2NO2/c1-3-5-10-9-8-12(13(18)19-4-2)17-11(9)6-7-14(10,15)16/h3,8,10,17H,1,4-7H2,2H3. The highest BCUT2D eigenvalue weighted by Gasteiger charge is 2.40. The van der Waals surface area contributed by atoms with Crippen LogP contribution in [0.1, 0.15) is 47.4 Å². The summed E-state index contributed by atoms with van der Waals surface area (Å²) in [6, 6.07) is 1.81. The third-order valence-electron chi connectivity index (χ3n) is 3.43. The summed E-state index contributed by atoms with van der Waals surface area (Å²) >= 11 is 12.8. The zero-order chi connectivity index (χ0) is 14.0. The highest BCUT2D eigenvalue weighted by Crippen LogP contribution is 2.48. The SMILES string of the molecule is C=CCC1c2cc(C(=O)OCC)[nH]c2CCC1(Cl)Cl. The molecule has 0 saturated carbocycles. The van der Waals surface area contributed by atoms with Gasteiger partial charge in [-0.3, -0.25) is 0 Å². The highest BCUT2D eigenvalue weighted by molar-refractivity contribution is 6.49. The van der Waals surface area contributed by atoms with Crippen molar-refractivity contribution in [1.29, 1.82) is 0 Å². The molecule has 104 valence electrons. The molecule has 0 radical (unpaired) electrons. The molecule has 1 aliphatic rings. The van der Waals surface area contributed by atoms with Crippen LogP contribution in [-0.4, -0.2) is 21.9 Å². The molecule has 1 heterocycles. The van der Waals surface area contributed by atoms with E-state index in [0.29, 0.717) is 25.1 Å². The zero-order valence-electron chi connectivity index (χ0n) is 10.8. The Morgan fingerprint density at radius 3 is 3.05 bits per heavy atom. The number of aryl methyl sites for hydroxylation is 1. The van der Waals surface area contributed by atoms with E-state index in [0.717, 1.165) is 17.7 Å². The molecule has 0 fully saturated rings. The Balaban J connectivity index is 2.35. The first-order valence-corrected chi connectivity index (χ1v) is 7.12. The predicted octanol–water partition coefficient (Wildman–Crippen LogP) is 3.97. The normalized spacial score (nSPS) is 20.7. The van der Waals surface area contributed by atoms with Gasteiger partial charge in [-0.15, -0.1) is 29.8 Å². The van der Waals surface area contributed by atoms with Crippen LogP contribution < -0.4 is 0 Å². The van der Waals surface area contributed by atoms with E-state index in [1.807, 2.05) is 0 Å². The van der Waals surface area contributed by atoms with Gasteiger partial charge >= 0.3 is 5.97 Å². The van der Waals surface area contributed by atoms with Crippen molar-refractivity contribution in [3.8, 4) is 0 Å². The molecule has 0 aromatic carbocycles. The van der Waals surface area contributed by atoms with Gasteiger partial charge in [0.1, 0.15) is 10.0 Å². The summed E-state index contributed by atoms with van der Waals surface area (Å²) in [5, 5.41) is 0. The van der Waals surface area contributed by atoms with Crippen molar-refractivity contribution in [3.05, 3.63) is 35.7 Å². The fraction of sp³-hybridized carbons (Fsp3) is 0.500. The number of rotatable bonds is 4. The van der Waals surface area contributed by atoms with Crippen molar-refractivity contribution < 1.29 is 9.53 Å². The van der Waals surface area contributed by atoms with Crippen molar-refractivity contribution >= 4 is 29.2 Å². The van der Waals surface area contributed by atoms with Crippen LogP contribution in [0.3, 0.4) is 0 Å². The molecule has 1 aromatic rings. The lowest BCUT2D eigenvalue weighted by molar-refractivity contribution is 0.0520. The van der Waals surface area contributed by atoms with E-state index in [9.17, 15) is 4.79 Å². The second kappa shape index (κ2) is 5.59. The molecule has 0 amide bonds. The van der Waals surface area contributed by atoms with Gasteiger partial charge in [0.05, 0.1) is 6.61 Å². The van der Waals surface area contributed by atoms with Gasteiger partial charge in [-0.05, 0) is 37.8 Å². The number of hydrogen-bond donors (Lipinski definition) is 1. The predicted molar refractivity (Wildman–Crippen MR) is 77.1 cm³/mol. The molecule has 1 aromatic heterocycles. The van der Waals surface area contributed by atoms with Crippen LogP contribution in [-0.2, 0) is 11.2 Å². The van der Waals surface area contributed by atoms with Gasteiger partial charge in [0.25, 0.3) is 0 Å². The quantitative estimate of drug-likeness (QED) is 0.519. The van der Waals surface area contributed by atoms with E-state index in [4.69, 9.17) is 27.9 Å². The van der Waals surface area contributed by atoms with Crippen molar-refractivity contribution in [2.45, 2.75) is 36.4 Å². The summed E-state index contributed by atoms with van der Waals surface area (Å²) in [6.07, 6.45) is 3.87. The smallest absolute Gasteiger partial charge is 0.354 e. The number of halogens is 2. The minimum Gasteiger partial charge on any atom is -0.461 e. The molecule has 1 atom stereocenters. The number of esters is 1. The number of fused-ring (bicyclic) bond motifs is 1. The summed E-state index contributed by atoms with van der Waals surface area (Å²) in [6.45, 7) is 5.88. The molecule has 1 unspecified atom stereocenters. The van der Waals surface area contributed by atoms with Gasteiger partial charge in [-0.25, -0.2) is 4.79 Å². The average molecular weight is 302 g/mol. The van der Waals surface area contributed by atoms with Crippen LogP contribution in [0.5, 0.6) is 0 Å². The maximum absolute atomic E-state index is 11.7. The Labute approximate surface area is 122 Å². The summed E-state index contributed by atoms with van der Waals surface area (Å²) in [7, 11) is 0. The molecule has 0 bridgehead atoms. The minimum atomic E-state index is -0.810. The molecular formula is C14H17Cl2NO2. The lowest BCUT2D eigenvalue weighted by atomic mass is 9.83. The molecule has 19 heavy (non-hydrogen) atoms. The largest absolute Gasteiger partial charge is 0.461 e. The van der Waals surface area contributed by atoms with Gasteiger partial charge in [0, 0.05) is 11.6 Å². The lowest BCUT2D eigenvalue weighted by Crippen LogP contribution is -2.29. The van der Waals surface area contributed by atoms with Crippen molar-refractivity contribution in [2.24, 2.45) is 0 Å². The first-order valence-electron chi connectivity index (χ1n) is 6.37. The molecule has 1 N–H and O–H groups in total. The summed E-state index contributed by atoms with van der Waals surface area (Å²) in [5.41, 5.74) is 2.48. The summed E-state index contributed by atoms with van der Waals surface area (Å²) < 4.78 is 4.19. The topological polar surface area (TPSA) is 42.1 Å². The molecule has 1 aliphatic carbocycles. The average Bonchev–Trinajstić information content (AvgIpc) is 2.77. The van der Waals surface area contributed by atoms with Crippen molar-refractivity contribution in [3.63, 3.8) is 0 Å². The number of H-pyrrole nitrogens is 1. The molecule has 5 heteroatoms. The molecule has 0 spiro atoms. The fourth-order valence-corrected chi connectivity index (χ4v) is 3.11. The van der Waals surface area contributed by atoms with E-state index in [-0.39, 0.29) is 11.9 Å². The Kier molecular flexibility index (Phi) is 4.26. The van der Waals surface area contributed by atoms with Gasteiger partial charge in [-0.2, -0.15) is 0 Å². The zero-order valence-corrected chi connectivity index (χ0v) is 12.4. The van der Waals surface area contributed by atoms with Gasteiger partial charge in [0.2, 0.25) is 0 Å². The van der Waals surface area contributed by atoms with Crippen LogP contribution in [0.15, 0.2) is 18.7 Å². The van der Waals surface area contributed by atoms with E-state index >= 15 is 0 Å². The second-order valence-electron chi connectivity index (χ2n) is 4.68. The summed E-state index contributed by atoms with van der Waals surface area (Å²) in [4.78, 5) is 14.9. The van der Waals surface area contributed by atoms with E-state index in [2.05, 4.69) is 11.6 Å². The number of aromatic nitrogens is 1. The molecule has 3 nitrogen and oxygen atoms in total.